The average molecular weight is 702 g/mol. The van der Waals surface area contributed by atoms with Crippen molar-refractivity contribution in [3.8, 4) is 0 Å². The number of hydrogen-bond acceptors (Lipinski definition) is 15. The molecule has 17 heteroatoms. The van der Waals surface area contributed by atoms with Gasteiger partial charge >= 0.3 is 17.9 Å². The number of hydrogen-bond donors (Lipinski definition) is 6. The second-order valence-corrected chi connectivity index (χ2v) is 11.9. The lowest BCUT2D eigenvalue weighted by Gasteiger charge is -2.30. The molecule has 0 aromatic heterocycles. The molecule has 284 valence electrons. The van der Waals surface area contributed by atoms with Gasteiger partial charge in [-0.1, -0.05) is 0 Å². The molecule has 0 saturated carbocycles. The van der Waals surface area contributed by atoms with Gasteiger partial charge < -0.3 is 63.8 Å². The Morgan fingerprint density at radius 2 is 0.854 bits per heavy atom. The average Bonchev–Trinajstić information content (AvgIpc) is 3.00. The van der Waals surface area contributed by atoms with Gasteiger partial charge in [-0.25, -0.2) is 0 Å². The van der Waals surface area contributed by atoms with Gasteiger partial charge in [0.2, 0.25) is 0 Å². The van der Waals surface area contributed by atoms with E-state index in [0.29, 0.717) is 52.9 Å². The van der Waals surface area contributed by atoms with Crippen LogP contribution in [0.5, 0.6) is 0 Å². The maximum atomic E-state index is 11.6. The van der Waals surface area contributed by atoms with Crippen molar-refractivity contribution in [3.63, 3.8) is 0 Å². The smallest absolute Gasteiger partial charge is 0.308 e. The number of aliphatic carboxylic acids is 2. The second kappa shape index (κ2) is 28.8. The third kappa shape index (κ3) is 30.1. The largest absolute Gasteiger partial charge is 0.481 e. The van der Waals surface area contributed by atoms with Gasteiger partial charge in [-0.2, -0.15) is 0 Å². The van der Waals surface area contributed by atoms with Crippen LogP contribution in [-0.2, 0) is 47.5 Å². The van der Waals surface area contributed by atoms with E-state index in [1.165, 1.54) is 4.90 Å². The Balaban J connectivity index is 3.93. The standard InChI is InChI=1S/C31H59NO16/c1-31(2,3)48-30(41)8-10-42-12-14-44-16-18-46-20-21-47-19-17-45-15-13-43-11-9-32(22-26(35)24(33)4-6-28(37)38)23-27(36)25(34)5-7-29(39)40/h24-27,33-36H,4-23H2,1-3H3,(H,37,38)(H,39,40). The summed E-state index contributed by atoms with van der Waals surface area (Å²) in [5, 5.41) is 58.4. The molecule has 0 aliphatic rings. The molecule has 0 spiro atoms. The lowest BCUT2D eigenvalue weighted by Crippen LogP contribution is -2.46. The molecule has 0 amide bonds. The maximum Gasteiger partial charge on any atom is 0.308 e. The highest BCUT2D eigenvalue weighted by molar-refractivity contribution is 5.69. The number of carbonyl (C=O) groups excluding carboxylic acids is 1. The zero-order valence-electron chi connectivity index (χ0n) is 28.7. The number of aliphatic hydroxyl groups excluding tert-OH is 4. The Labute approximate surface area is 282 Å². The number of aliphatic hydroxyl groups is 4. The van der Waals surface area contributed by atoms with Crippen molar-refractivity contribution >= 4 is 17.9 Å². The number of carboxylic acid groups (broad SMARTS) is 2. The molecule has 0 aromatic carbocycles. The molecule has 0 aliphatic carbocycles. The molecule has 0 aliphatic heterocycles. The van der Waals surface area contributed by atoms with Gasteiger partial charge in [0, 0.05) is 32.5 Å². The van der Waals surface area contributed by atoms with E-state index in [0.717, 1.165) is 0 Å². The van der Waals surface area contributed by atoms with Crippen molar-refractivity contribution in [2.24, 2.45) is 0 Å². The molecule has 6 N–H and O–H groups in total. The van der Waals surface area contributed by atoms with Crippen LogP contribution in [0.15, 0.2) is 0 Å². The fourth-order valence-electron chi connectivity index (χ4n) is 3.90. The van der Waals surface area contributed by atoms with E-state index in [4.69, 9.17) is 43.4 Å². The number of nitrogens with zero attached hydrogens (tertiary/aromatic N) is 1. The molecule has 17 nitrogen and oxygen atoms in total. The molecule has 0 aromatic rings. The summed E-state index contributed by atoms with van der Waals surface area (Å²) < 4.78 is 37.8. The summed E-state index contributed by atoms with van der Waals surface area (Å²) in [6.45, 7) is 9.39. The minimum atomic E-state index is -1.32. The molecule has 0 saturated heterocycles. The van der Waals surface area contributed by atoms with E-state index in [-0.39, 0.29) is 84.1 Å². The minimum Gasteiger partial charge on any atom is -0.481 e. The van der Waals surface area contributed by atoms with Crippen LogP contribution in [0.25, 0.3) is 0 Å². The van der Waals surface area contributed by atoms with Crippen molar-refractivity contribution in [2.75, 3.05) is 98.9 Å². The molecule has 48 heavy (non-hydrogen) atoms. The van der Waals surface area contributed by atoms with E-state index < -0.39 is 42.0 Å². The number of carbonyl (C=O) groups is 3. The Bertz CT molecular complexity index is 795. The normalized spacial score (nSPS) is 14.5. The highest BCUT2D eigenvalue weighted by atomic mass is 16.6. The van der Waals surface area contributed by atoms with Crippen LogP contribution in [0.3, 0.4) is 0 Å². The van der Waals surface area contributed by atoms with Gasteiger partial charge in [-0.15, -0.1) is 0 Å². The van der Waals surface area contributed by atoms with E-state index in [9.17, 15) is 34.8 Å². The first-order valence-corrected chi connectivity index (χ1v) is 16.3. The predicted octanol–water partition coefficient (Wildman–Crippen LogP) is -0.707. The molecule has 4 unspecified atom stereocenters. The third-order valence-electron chi connectivity index (χ3n) is 6.37. The molecule has 0 radical (unpaired) electrons. The SMILES string of the molecule is CC(C)(C)OC(=O)CCOCCOCCOCCOCCOCCOCCN(CC(O)C(O)CCC(=O)O)CC(O)C(O)CCC(=O)O. The highest BCUT2D eigenvalue weighted by Crippen LogP contribution is 2.10. The van der Waals surface area contributed by atoms with E-state index in [1.54, 1.807) is 0 Å². The van der Waals surface area contributed by atoms with Crippen LogP contribution < -0.4 is 0 Å². The molecule has 0 fully saturated rings. The topological polar surface area (TPSA) is 240 Å². The maximum absolute atomic E-state index is 11.6. The van der Waals surface area contributed by atoms with Gasteiger partial charge in [0.15, 0.2) is 0 Å². The first-order valence-electron chi connectivity index (χ1n) is 16.3. The van der Waals surface area contributed by atoms with Crippen molar-refractivity contribution in [2.45, 2.75) is 82.9 Å². The Morgan fingerprint density at radius 3 is 1.19 bits per heavy atom. The molecule has 0 bridgehead atoms. The van der Waals surface area contributed by atoms with Crippen LogP contribution in [0.1, 0.15) is 52.9 Å². The van der Waals surface area contributed by atoms with E-state index in [1.807, 2.05) is 20.8 Å². The predicted molar refractivity (Wildman–Crippen MR) is 170 cm³/mol. The monoisotopic (exact) mass is 701 g/mol. The van der Waals surface area contributed by atoms with Crippen LogP contribution in [0.4, 0.5) is 0 Å². The van der Waals surface area contributed by atoms with Gasteiger partial charge in [0.25, 0.3) is 0 Å². The Morgan fingerprint density at radius 1 is 0.521 bits per heavy atom. The lowest BCUT2D eigenvalue weighted by molar-refractivity contribution is -0.156. The third-order valence-corrected chi connectivity index (χ3v) is 6.37. The highest BCUT2D eigenvalue weighted by Gasteiger charge is 2.25. The zero-order chi connectivity index (χ0) is 36.2. The van der Waals surface area contributed by atoms with Gasteiger partial charge in [0.05, 0.1) is 110 Å². The summed E-state index contributed by atoms with van der Waals surface area (Å²) in [5.41, 5.74) is -0.506. The molecular weight excluding hydrogens is 642 g/mol. The van der Waals surface area contributed by atoms with Crippen LogP contribution in [0.2, 0.25) is 0 Å². The fourth-order valence-corrected chi connectivity index (χ4v) is 3.90. The van der Waals surface area contributed by atoms with Crippen molar-refractivity contribution in [3.05, 3.63) is 0 Å². The van der Waals surface area contributed by atoms with E-state index in [2.05, 4.69) is 0 Å². The number of esters is 1. The summed E-state index contributed by atoms with van der Waals surface area (Å²) in [5.74, 6) is -2.52. The van der Waals surface area contributed by atoms with Gasteiger partial charge in [-0.3, -0.25) is 19.3 Å². The summed E-state index contributed by atoms with van der Waals surface area (Å²) in [4.78, 5) is 34.6. The van der Waals surface area contributed by atoms with Crippen molar-refractivity contribution < 1.29 is 78.2 Å². The summed E-state index contributed by atoms with van der Waals surface area (Å²) in [7, 11) is 0. The number of rotatable bonds is 33. The second-order valence-electron chi connectivity index (χ2n) is 11.9. The number of ether oxygens (including phenoxy) is 7. The van der Waals surface area contributed by atoms with Crippen molar-refractivity contribution in [1.82, 2.24) is 4.90 Å². The fraction of sp³-hybridized carbons (Fsp3) is 0.903. The molecule has 0 heterocycles. The molecule has 4 atom stereocenters. The first-order chi connectivity index (χ1) is 22.7. The molecule has 0 rings (SSSR count). The quantitative estimate of drug-likeness (QED) is 0.0366. The number of carboxylic acids is 2. The molecular formula is C31H59NO16. The van der Waals surface area contributed by atoms with Crippen molar-refractivity contribution in [1.29, 1.82) is 0 Å². The summed E-state index contributed by atoms with van der Waals surface area (Å²) >= 11 is 0. The zero-order valence-corrected chi connectivity index (χ0v) is 28.7. The lowest BCUT2D eigenvalue weighted by atomic mass is 10.1. The van der Waals surface area contributed by atoms with Crippen LogP contribution >= 0.6 is 0 Å². The van der Waals surface area contributed by atoms with Crippen LogP contribution in [0, 0.1) is 0 Å². The first kappa shape index (κ1) is 46.0. The Hall–Kier alpha value is -2.03. The van der Waals surface area contributed by atoms with Gasteiger partial charge in [-0.05, 0) is 33.6 Å². The van der Waals surface area contributed by atoms with Gasteiger partial charge in [0.1, 0.15) is 5.60 Å². The van der Waals surface area contributed by atoms with Crippen LogP contribution in [-0.4, -0.2) is 182 Å². The Kier molecular flexibility index (Phi) is 27.6. The summed E-state index contributed by atoms with van der Waals surface area (Å²) in [6.07, 6.45) is -6.03. The minimum absolute atomic E-state index is 0.134. The van der Waals surface area contributed by atoms with E-state index >= 15 is 0 Å². The summed E-state index contributed by atoms with van der Waals surface area (Å²) in [6, 6.07) is 0.